The Morgan fingerprint density at radius 1 is 0.152 bits per heavy atom. The van der Waals surface area contributed by atoms with Crippen LogP contribution >= 0.6 is 0 Å². The summed E-state index contributed by atoms with van der Waals surface area (Å²) in [6.07, 6.45) is 0. The molecule has 0 fully saturated rings. The molecule has 0 saturated carbocycles. The van der Waals surface area contributed by atoms with Crippen LogP contribution in [0, 0.1) is 0 Å². The fraction of sp³-hybridized carbons (Fsp3) is 0. The Kier molecular flexibility index (Phi) is 267. The largest absolute Gasteiger partial charge is 2.00 e. The molecule has 0 atom stereocenters. The first-order valence-corrected chi connectivity index (χ1v) is 4.24. The zero-order valence-corrected chi connectivity index (χ0v) is 57.1. The Hall–Kier alpha value is 13.8. The summed E-state index contributed by atoms with van der Waals surface area (Å²) in [7, 11) is -17.5. The molecule has 0 N–H and O–H groups in total. The van der Waals surface area contributed by atoms with Crippen LogP contribution in [0.3, 0.4) is 0 Å². The van der Waals surface area contributed by atoms with Gasteiger partial charge in [0.15, 0.2) is 0 Å². The van der Waals surface area contributed by atoms with E-state index in [1.165, 1.54) is 0 Å². The average molecular weight is 1590 g/mol. The third-order valence-corrected chi connectivity index (χ3v) is 0. The predicted molar refractivity (Wildman–Crippen MR) is 86.3 cm³/mol. The molecule has 144 valence electrons. The molecule has 0 aromatic carbocycles. The van der Waals surface area contributed by atoms with Crippen LogP contribution in [0.25, 0.3) is 0 Å². The van der Waals surface area contributed by atoms with Gasteiger partial charge in [-0.25, -0.2) is 0 Å². The molecule has 0 radical (unpaired) electrons. The van der Waals surface area contributed by atoms with Crippen molar-refractivity contribution >= 4 is 484 Å². The van der Waals surface area contributed by atoms with Gasteiger partial charge in [-0.05, 0) is 0 Å². The van der Waals surface area contributed by atoms with E-state index in [2.05, 4.69) is 0 Å². The standard InChI is InChI=1S/6BO3.9Ba/c6*2-1(3)4;;;;;;;;;/q6*-3;9*+2. The third-order valence-electron chi connectivity index (χ3n) is 0. The Balaban J connectivity index is -0.00000000859. The van der Waals surface area contributed by atoms with Crippen molar-refractivity contribution in [3.63, 3.8) is 0 Å². The fourth-order valence-corrected chi connectivity index (χ4v) is 0. The topological polar surface area (TPSA) is 415 Å². The monoisotopic (exact) mass is 1600 g/mol. The summed E-state index contributed by atoms with van der Waals surface area (Å²) in [6, 6.07) is 0. The molecule has 0 bridgehead atoms. The van der Waals surface area contributed by atoms with E-state index in [-0.39, 0.29) is 440 Å². The summed E-state index contributed by atoms with van der Waals surface area (Å²) < 4.78 is 0. The number of rotatable bonds is 0. The Labute approximate surface area is 554 Å². The first-order valence-electron chi connectivity index (χ1n) is 4.24. The Morgan fingerprint density at radius 2 is 0.152 bits per heavy atom. The maximum atomic E-state index is 8.42. The van der Waals surface area contributed by atoms with Crippen LogP contribution in [-0.2, 0) is 0 Å². The van der Waals surface area contributed by atoms with E-state index < -0.39 is 43.9 Å². The molecule has 18 nitrogen and oxygen atoms in total. The SMILES string of the molecule is [Ba+2].[Ba+2].[Ba+2].[Ba+2].[Ba+2].[Ba+2].[Ba+2].[Ba+2].[Ba+2].[O-]B([O-])[O-].[O-]B([O-])[O-].[O-]B([O-])[O-].[O-]B([O-])[O-].[O-]B([O-])[O-].[O-]B([O-])[O-]. The van der Waals surface area contributed by atoms with E-state index in [1.54, 1.807) is 0 Å². The number of hydrogen-bond acceptors (Lipinski definition) is 18. The second-order valence-electron chi connectivity index (χ2n) is 1.73. The normalized spacial score (nSPS) is 4.91. The van der Waals surface area contributed by atoms with Gasteiger partial charge in [0.2, 0.25) is 0 Å². The molecule has 0 aromatic heterocycles. The fourth-order valence-electron chi connectivity index (χ4n) is 0. The maximum Gasteiger partial charge on any atom is 2.00 e. The molecule has 0 saturated heterocycles. The van der Waals surface area contributed by atoms with E-state index in [9.17, 15) is 0 Å². The summed E-state index contributed by atoms with van der Waals surface area (Å²) >= 11 is 0. The van der Waals surface area contributed by atoms with E-state index in [1.807, 2.05) is 0 Å². The van der Waals surface area contributed by atoms with Crippen molar-refractivity contribution < 1.29 is 90.4 Å². The van der Waals surface area contributed by atoms with Crippen LogP contribution in [0.5, 0.6) is 0 Å². The minimum Gasteiger partial charge on any atom is -0.907 e. The molecule has 0 amide bonds. The van der Waals surface area contributed by atoms with Crippen LogP contribution in [0.4, 0.5) is 0 Å². The van der Waals surface area contributed by atoms with Crippen molar-refractivity contribution in [1.29, 1.82) is 0 Å². The van der Waals surface area contributed by atoms with Gasteiger partial charge in [-0.15, -0.1) is 0 Å². The molecular weight excluding hydrogens is 1590 g/mol. The predicted octanol–water partition coefficient (Wildman–Crippen LogP) is -27.1. The van der Waals surface area contributed by atoms with Crippen molar-refractivity contribution in [1.82, 2.24) is 0 Å². The van der Waals surface area contributed by atoms with Gasteiger partial charge in [-0.2, -0.15) is 0 Å². The Bertz CT molecular complexity index is 122. The minimum absolute atomic E-state index is 0. The first kappa shape index (κ1) is 97.1. The van der Waals surface area contributed by atoms with Gasteiger partial charge in [-0.1, -0.05) is 0 Å². The minimum atomic E-state index is -2.92. The van der Waals surface area contributed by atoms with E-state index in [0.717, 1.165) is 0 Å². The first-order chi connectivity index (χ1) is 10.4. The van der Waals surface area contributed by atoms with Crippen molar-refractivity contribution in [3.8, 4) is 0 Å². The molecular formula is B6Ba9O18. The van der Waals surface area contributed by atoms with Crippen molar-refractivity contribution in [2.75, 3.05) is 0 Å². The van der Waals surface area contributed by atoms with Gasteiger partial charge in [0.25, 0.3) is 0 Å². The van der Waals surface area contributed by atoms with Crippen LogP contribution in [-0.4, -0.2) is 484 Å². The molecule has 0 aliphatic carbocycles. The molecule has 0 aliphatic rings. The zero-order chi connectivity index (χ0) is 21.5. The molecule has 0 aromatic rings. The van der Waals surface area contributed by atoms with E-state index in [0.29, 0.717) is 0 Å². The van der Waals surface area contributed by atoms with Gasteiger partial charge in [-0.3, -0.25) is 43.9 Å². The number of hydrogen-bond donors (Lipinski definition) is 0. The second kappa shape index (κ2) is 90.9. The van der Waals surface area contributed by atoms with Gasteiger partial charge in [0, 0.05) is 0 Å². The molecule has 33 heteroatoms. The summed E-state index contributed by atoms with van der Waals surface area (Å²) in [4.78, 5) is 0. The molecule has 33 heavy (non-hydrogen) atoms. The van der Waals surface area contributed by atoms with Crippen LogP contribution in [0.2, 0.25) is 0 Å². The van der Waals surface area contributed by atoms with Gasteiger partial charge >= 0.3 is 440 Å². The van der Waals surface area contributed by atoms with Gasteiger partial charge in [0.05, 0.1) is 0 Å². The smallest absolute Gasteiger partial charge is 0.907 e. The summed E-state index contributed by atoms with van der Waals surface area (Å²) in [5.74, 6) is 0. The summed E-state index contributed by atoms with van der Waals surface area (Å²) in [6.45, 7) is 0. The van der Waals surface area contributed by atoms with Crippen molar-refractivity contribution in [2.45, 2.75) is 0 Å². The van der Waals surface area contributed by atoms with Gasteiger partial charge < -0.3 is 90.4 Å². The molecule has 0 aliphatic heterocycles. The van der Waals surface area contributed by atoms with Crippen LogP contribution < -0.4 is 90.4 Å². The quantitative estimate of drug-likeness (QED) is 0.203. The second-order valence-corrected chi connectivity index (χ2v) is 1.73. The van der Waals surface area contributed by atoms with Crippen LogP contribution in [0.1, 0.15) is 0 Å². The Morgan fingerprint density at radius 3 is 0.152 bits per heavy atom. The van der Waals surface area contributed by atoms with E-state index in [4.69, 9.17) is 90.4 Å². The maximum absolute atomic E-state index is 8.42. The average Bonchev–Trinajstić information content (AvgIpc) is 2.08. The molecule has 0 unspecified atom stereocenters. The molecule has 0 spiro atoms. The van der Waals surface area contributed by atoms with Crippen molar-refractivity contribution in [3.05, 3.63) is 0 Å². The van der Waals surface area contributed by atoms with Crippen LogP contribution in [0.15, 0.2) is 0 Å². The summed E-state index contributed by atoms with van der Waals surface area (Å²) in [5.41, 5.74) is 0. The van der Waals surface area contributed by atoms with Crippen molar-refractivity contribution in [2.24, 2.45) is 0 Å². The van der Waals surface area contributed by atoms with E-state index >= 15 is 0 Å². The third kappa shape index (κ3) is 461. The molecule has 0 heterocycles. The van der Waals surface area contributed by atoms with Gasteiger partial charge in [0.1, 0.15) is 0 Å². The summed E-state index contributed by atoms with van der Waals surface area (Å²) in [5, 5.41) is 152. The molecule has 0 rings (SSSR count). The zero-order valence-electron chi connectivity index (χ0n) is 17.2.